The van der Waals surface area contributed by atoms with Crippen LogP contribution in [0.25, 0.3) is 0 Å². The SMILES string of the molecule is CCCC[NH+](CCCC)C[C@@H]1OC1(C)C. The van der Waals surface area contributed by atoms with Crippen molar-refractivity contribution in [1.82, 2.24) is 0 Å². The third-order valence-electron chi connectivity index (χ3n) is 3.41. The number of hydrogen-bond donors (Lipinski definition) is 1. The number of quaternary nitrogens is 1. The molecule has 0 aliphatic carbocycles. The lowest BCUT2D eigenvalue weighted by Gasteiger charge is -2.18. The van der Waals surface area contributed by atoms with Crippen LogP contribution >= 0.6 is 0 Å². The topological polar surface area (TPSA) is 17.0 Å². The van der Waals surface area contributed by atoms with E-state index in [1.54, 1.807) is 4.90 Å². The van der Waals surface area contributed by atoms with Crippen molar-refractivity contribution in [2.24, 2.45) is 0 Å². The average molecular weight is 214 g/mol. The van der Waals surface area contributed by atoms with Crippen LogP contribution in [0, 0.1) is 0 Å². The van der Waals surface area contributed by atoms with Crippen LogP contribution in [0.1, 0.15) is 53.4 Å². The Morgan fingerprint density at radius 3 is 1.87 bits per heavy atom. The van der Waals surface area contributed by atoms with Gasteiger partial charge in [-0.3, -0.25) is 0 Å². The third-order valence-corrected chi connectivity index (χ3v) is 3.41. The fraction of sp³-hybridized carbons (Fsp3) is 1.00. The molecule has 1 aliphatic rings. The minimum atomic E-state index is 0.170. The Hall–Kier alpha value is -0.0800. The lowest BCUT2D eigenvalue weighted by Crippen LogP contribution is -3.12. The first-order chi connectivity index (χ1) is 7.10. The molecule has 1 N–H and O–H groups in total. The van der Waals surface area contributed by atoms with E-state index in [2.05, 4.69) is 27.7 Å². The van der Waals surface area contributed by atoms with Crippen molar-refractivity contribution in [3.63, 3.8) is 0 Å². The Balaban J connectivity index is 2.22. The highest BCUT2D eigenvalue weighted by atomic mass is 16.6. The monoisotopic (exact) mass is 214 g/mol. The summed E-state index contributed by atoms with van der Waals surface area (Å²) in [6.45, 7) is 12.8. The van der Waals surface area contributed by atoms with E-state index in [0.717, 1.165) is 0 Å². The zero-order valence-electron chi connectivity index (χ0n) is 10.9. The molecule has 1 atom stereocenters. The zero-order chi connectivity index (χ0) is 11.3. The molecule has 0 unspecified atom stereocenters. The van der Waals surface area contributed by atoms with E-state index in [1.807, 2.05) is 0 Å². The second-order valence-electron chi connectivity index (χ2n) is 5.37. The first-order valence-electron chi connectivity index (χ1n) is 6.61. The van der Waals surface area contributed by atoms with Gasteiger partial charge in [-0.1, -0.05) is 26.7 Å². The standard InChI is InChI=1S/C13H27NO/c1-5-7-9-14(10-8-6-2)11-12-13(3,4)15-12/h12H,5-11H2,1-4H3/p+1/t12-/m0/s1. The highest BCUT2D eigenvalue weighted by Crippen LogP contribution is 2.33. The molecule has 0 spiro atoms. The summed E-state index contributed by atoms with van der Waals surface area (Å²) in [6, 6.07) is 0. The Labute approximate surface area is 95.0 Å². The van der Waals surface area contributed by atoms with Crippen molar-refractivity contribution < 1.29 is 9.64 Å². The summed E-state index contributed by atoms with van der Waals surface area (Å²) < 4.78 is 5.67. The van der Waals surface area contributed by atoms with Gasteiger partial charge in [-0.2, -0.15) is 0 Å². The summed E-state index contributed by atoms with van der Waals surface area (Å²) in [5.74, 6) is 0. The van der Waals surface area contributed by atoms with Crippen LogP contribution < -0.4 is 4.90 Å². The van der Waals surface area contributed by atoms with E-state index in [-0.39, 0.29) is 5.60 Å². The molecular weight excluding hydrogens is 186 g/mol. The molecule has 0 aromatic rings. The molecule has 2 heteroatoms. The van der Waals surface area contributed by atoms with E-state index >= 15 is 0 Å². The molecule has 0 amide bonds. The summed E-state index contributed by atoms with van der Waals surface area (Å²) >= 11 is 0. The highest BCUT2D eigenvalue weighted by molar-refractivity contribution is 4.94. The van der Waals surface area contributed by atoms with Gasteiger partial charge < -0.3 is 9.64 Å². The molecule has 1 fully saturated rings. The molecule has 0 aromatic carbocycles. The highest BCUT2D eigenvalue weighted by Gasteiger charge is 2.49. The molecule has 1 saturated heterocycles. The van der Waals surface area contributed by atoms with Crippen LogP contribution in [0.4, 0.5) is 0 Å². The van der Waals surface area contributed by atoms with Crippen molar-refractivity contribution in [2.45, 2.75) is 65.1 Å². The predicted octanol–water partition coefficient (Wildman–Crippen LogP) is 1.65. The number of nitrogens with one attached hydrogen (secondary N) is 1. The maximum Gasteiger partial charge on any atom is 0.135 e. The molecule has 0 saturated carbocycles. The van der Waals surface area contributed by atoms with Crippen molar-refractivity contribution in [2.75, 3.05) is 19.6 Å². The van der Waals surface area contributed by atoms with Crippen molar-refractivity contribution in [3.8, 4) is 0 Å². The Kier molecular flexibility index (Phi) is 5.07. The second-order valence-corrected chi connectivity index (χ2v) is 5.37. The smallest absolute Gasteiger partial charge is 0.135 e. The molecule has 1 heterocycles. The normalized spacial score (nSPS) is 23.4. The number of hydrogen-bond acceptors (Lipinski definition) is 1. The van der Waals surface area contributed by atoms with E-state index in [1.165, 1.54) is 45.3 Å². The fourth-order valence-corrected chi connectivity index (χ4v) is 2.06. The number of rotatable bonds is 8. The maximum atomic E-state index is 5.67. The van der Waals surface area contributed by atoms with Crippen LogP contribution in [0.5, 0.6) is 0 Å². The molecular formula is C13H28NO+. The van der Waals surface area contributed by atoms with Gasteiger partial charge in [0.15, 0.2) is 0 Å². The molecule has 15 heavy (non-hydrogen) atoms. The van der Waals surface area contributed by atoms with Gasteiger partial charge in [0.05, 0.1) is 18.7 Å². The fourth-order valence-electron chi connectivity index (χ4n) is 2.06. The molecule has 0 aromatic heterocycles. The van der Waals surface area contributed by atoms with Gasteiger partial charge in [0.1, 0.15) is 12.6 Å². The van der Waals surface area contributed by atoms with E-state index in [0.29, 0.717) is 6.10 Å². The zero-order valence-corrected chi connectivity index (χ0v) is 10.9. The van der Waals surface area contributed by atoms with Crippen molar-refractivity contribution in [3.05, 3.63) is 0 Å². The molecule has 90 valence electrons. The van der Waals surface area contributed by atoms with Crippen LogP contribution in [0.15, 0.2) is 0 Å². The summed E-state index contributed by atoms with van der Waals surface area (Å²) in [4.78, 5) is 1.74. The first kappa shape index (κ1) is 13.0. The molecule has 2 nitrogen and oxygen atoms in total. The Bertz CT molecular complexity index is 171. The quantitative estimate of drug-likeness (QED) is 0.608. The minimum Gasteiger partial charge on any atom is -0.361 e. The van der Waals surface area contributed by atoms with Gasteiger partial charge in [0, 0.05) is 0 Å². The summed E-state index contributed by atoms with van der Waals surface area (Å²) in [7, 11) is 0. The van der Waals surface area contributed by atoms with E-state index in [4.69, 9.17) is 4.74 Å². The summed E-state index contributed by atoms with van der Waals surface area (Å²) in [5.41, 5.74) is 0.170. The van der Waals surface area contributed by atoms with Gasteiger partial charge >= 0.3 is 0 Å². The minimum absolute atomic E-state index is 0.170. The molecule has 1 rings (SSSR count). The molecule has 0 radical (unpaired) electrons. The maximum absolute atomic E-state index is 5.67. The van der Waals surface area contributed by atoms with Gasteiger partial charge in [-0.05, 0) is 26.7 Å². The van der Waals surface area contributed by atoms with Crippen LogP contribution in [0.2, 0.25) is 0 Å². The van der Waals surface area contributed by atoms with Gasteiger partial charge in [-0.25, -0.2) is 0 Å². The third kappa shape index (κ3) is 4.52. The summed E-state index contributed by atoms with van der Waals surface area (Å²) in [5, 5.41) is 0. The largest absolute Gasteiger partial charge is 0.361 e. The molecule has 0 bridgehead atoms. The van der Waals surface area contributed by atoms with Crippen LogP contribution in [-0.2, 0) is 4.74 Å². The van der Waals surface area contributed by atoms with E-state index < -0.39 is 0 Å². The molecule has 1 aliphatic heterocycles. The number of ether oxygens (including phenoxy) is 1. The number of unbranched alkanes of at least 4 members (excludes halogenated alkanes) is 2. The van der Waals surface area contributed by atoms with Gasteiger partial charge in [0.2, 0.25) is 0 Å². The Morgan fingerprint density at radius 1 is 1.07 bits per heavy atom. The second kappa shape index (κ2) is 5.86. The van der Waals surface area contributed by atoms with Crippen molar-refractivity contribution >= 4 is 0 Å². The summed E-state index contributed by atoms with van der Waals surface area (Å²) in [6.07, 6.45) is 5.84. The van der Waals surface area contributed by atoms with Gasteiger partial charge in [-0.15, -0.1) is 0 Å². The number of epoxide rings is 1. The average Bonchev–Trinajstić information content (AvgIpc) is 2.78. The predicted molar refractivity (Wildman–Crippen MR) is 64.3 cm³/mol. The van der Waals surface area contributed by atoms with Crippen LogP contribution in [0.3, 0.4) is 0 Å². The first-order valence-corrected chi connectivity index (χ1v) is 6.61. The van der Waals surface area contributed by atoms with Crippen molar-refractivity contribution in [1.29, 1.82) is 0 Å². The lowest BCUT2D eigenvalue weighted by molar-refractivity contribution is -0.901. The van der Waals surface area contributed by atoms with E-state index in [9.17, 15) is 0 Å². The lowest BCUT2D eigenvalue weighted by atomic mass is 10.1. The van der Waals surface area contributed by atoms with Crippen LogP contribution in [-0.4, -0.2) is 31.3 Å². The van der Waals surface area contributed by atoms with Gasteiger partial charge in [0.25, 0.3) is 0 Å². The Morgan fingerprint density at radius 2 is 1.53 bits per heavy atom.